The molecule has 0 bridgehead atoms. The van der Waals surface area contributed by atoms with Gasteiger partial charge in [0.25, 0.3) is 0 Å². The van der Waals surface area contributed by atoms with Crippen LogP contribution < -0.4 is 0 Å². The van der Waals surface area contributed by atoms with Gasteiger partial charge in [0.2, 0.25) is 0 Å². The summed E-state index contributed by atoms with van der Waals surface area (Å²) in [6.45, 7) is 10.2. The predicted molar refractivity (Wildman–Crippen MR) is 134 cm³/mol. The van der Waals surface area contributed by atoms with Crippen LogP contribution in [0.25, 0.3) is 0 Å². The highest BCUT2D eigenvalue weighted by atomic mass is 16.7. The van der Waals surface area contributed by atoms with E-state index in [0.29, 0.717) is 18.4 Å². The first-order chi connectivity index (χ1) is 18.1. The number of fused-ring (bicyclic) bond motifs is 1. The number of aliphatic hydroxyl groups is 1. The Morgan fingerprint density at radius 1 is 1.21 bits per heavy atom. The van der Waals surface area contributed by atoms with Crippen LogP contribution in [0.4, 0.5) is 0 Å². The number of cyclic esters (lactones) is 1. The van der Waals surface area contributed by atoms with Gasteiger partial charge in [0.15, 0.2) is 6.10 Å². The van der Waals surface area contributed by atoms with Crippen LogP contribution >= 0.6 is 0 Å². The molecule has 214 valence electrons. The normalized spacial score (nSPS) is 41.8. The lowest BCUT2D eigenvalue weighted by Gasteiger charge is -2.66. The Morgan fingerprint density at radius 3 is 2.46 bits per heavy atom. The molecule has 1 aromatic heterocycles. The molecule has 2 saturated heterocycles. The van der Waals surface area contributed by atoms with E-state index in [1.165, 1.54) is 26.6 Å². The zero-order valence-corrected chi connectivity index (χ0v) is 23.6. The van der Waals surface area contributed by atoms with Crippen molar-refractivity contribution in [1.82, 2.24) is 0 Å². The van der Waals surface area contributed by atoms with Crippen LogP contribution in [-0.2, 0) is 38.1 Å². The molecule has 0 amide bonds. The summed E-state index contributed by atoms with van der Waals surface area (Å²) in [4.78, 5) is 52.5. The molecular weight excluding hydrogens is 508 g/mol. The van der Waals surface area contributed by atoms with Gasteiger partial charge in [0, 0.05) is 35.7 Å². The Hall–Kier alpha value is -2.72. The van der Waals surface area contributed by atoms with Gasteiger partial charge in [0.1, 0.15) is 23.6 Å². The zero-order chi connectivity index (χ0) is 28.8. The Morgan fingerprint density at radius 2 is 1.90 bits per heavy atom. The number of carbonyl (C=O) groups is 4. The van der Waals surface area contributed by atoms with Crippen molar-refractivity contribution in [3.05, 3.63) is 24.2 Å². The third-order valence-electron chi connectivity index (χ3n) is 10.7. The van der Waals surface area contributed by atoms with E-state index in [0.717, 1.165) is 0 Å². The van der Waals surface area contributed by atoms with Crippen molar-refractivity contribution in [2.75, 3.05) is 7.11 Å². The number of methoxy groups -OCH3 is 1. The van der Waals surface area contributed by atoms with Crippen LogP contribution in [0.15, 0.2) is 23.0 Å². The highest BCUT2D eigenvalue weighted by molar-refractivity contribution is 5.93. The summed E-state index contributed by atoms with van der Waals surface area (Å²) >= 11 is 0. The van der Waals surface area contributed by atoms with Crippen LogP contribution in [0.3, 0.4) is 0 Å². The number of furan rings is 1. The molecule has 2 saturated carbocycles. The monoisotopic (exact) mass is 546 g/mol. The number of esters is 3. The Balaban J connectivity index is 1.70. The maximum atomic E-state index is 14.4. The SMILES string of the molecule is COC(=O)C[C@H](OC(C)=O)[C@]1(C)C2CC[C@@]3(C)[C@H](c4ccoc4)OC(=O)[C@H]4O[C@]43[C@]2(C)C(=O)C[C@H]1C(C)(C)O. The molecule has 2 aliphatic heterocycles. The van der Waals surface area contributed by atoms with Gasteiger partial charge in [-0.1, -0.05) is 13.8 Å². The standard InChI is InChI=1S/C29H38O10/c1-15(30)37-20(13-21(32)35-7)27(5)17-8-10-26(4)22(16-9-11-36-14-16)38-24(33)23-29(26,39-23)28(17,6)19(31)12-18(27)25(2,3)34/h9,11,14,17-18,20,22-23,34H,8,10,12-13H2,1-7H3/t17?,18-,20-,22-,23+,26-,27+,28-,29+/m0/s1. The summed E-state index contributed by atoms with van der Waals surface area (Å²) in [5, 5.41) is 11.4. The maximum absolute atomic E-state index is 14.4. The Kier molecular flexibility index (Phi) is 6.16. The molecule has 9 atom stereocenters. The first kappa shape index (κ1) is 27.8. The molecule has 4 aliphatic rings. The quantitative estimate of drug-likeness (QED) is 0.321. The molecule has 4 fully saturated rings. The maximum Gasteiger partial charge on any atom is 0.339 e. The molecular formula is C29H38O10. The summed E-state index contributed by atoms with van der Waals surface area (Å²) in [5.74, 6) is -3.00. The minimum Gasteiger partial charge on any atom is -0.472 e. The van der Waals surface area contributed by atoms with Crippen molar-refractivity contribution in [2.24, 2.45) is 28.1 Å². The highest BCUT2D eigenvalue weighted by Gasteiger charge is 2.88. The first-order valence-electron chi connectivity index (χ1n) is 13.5. The van der Waals surface area contributed by atoms with Crippen molar-refractivity contribution in [2.45, 2.75) is 96.7 Å². The van der Waals surface area contributed by atoms with Crippen LogP contribution in [0.1, 0.15) is 78.9 Å². The van der Waals surface area contributed by atoms with Crippen molar-refractivity contribution < 1.29 is 47.6 Å². The second-order valence-corrected chi connectivity index (χ2v) is 12.9. The van der Waals surface area contributed by atoms with E-state index in [1.807, 2.05) is 20.8 Å². The predicted octanol–water partition coefficient (Wildman–Crippen LogP) is 3.30. The Bertz CT molecular complexity index is 1200. The molecule has 10 nitrogen and oxygen atoms in total. The molecule has 1 unspecified atom stereocenters. The summed E-state index contributed by atoms with van der Waals surface area (Å²) in [5.41, 5.74) is -4.89. The number of rotatable bonds is 6. The Labute approximate surface area is 227 Å². The number of ketones is 1. The molecule has 1 N–H and O–H groups in total. The van der Waals surface area contributed by atoms with E-state index in [-0.39, 0.29) is 18.6 Å². The molecule has 0 aromatic carbocycles. The van der Waals surface area contributed by atoms with Gasteiger partial charge < -0.3 is 28.5 Å². The van der Waals surface area contributed by atoms with Crippen LogP contribution in [0, 0.1) is 28.1 Å². The number of hydrogen-bond donors (Lipinski definition) is 1. The van der Waals surface area contributed by atoms with E-state index >= 15 is 0 Å². The molecule has 1 aromatic rings. The van der Waals surface area contributed by atoms with Crippen molar-refractivity contribution >= 4 is 23.7 Å². The lowest BCUT2D eigenvalue weighted by atomic mass is 9.37. The lowest BCUT2D eigenvalue weighted by Crippen LogP contribution is -2.73. The van der Waals surface area contributed by atoms with E-state index in [4.69, 9.17) is 23.4 Å². The smallest absolute Gasteiger partial charge is 0.339 e. The molecule has 0 radical (unpaired) electrons. The van der Waals surface area contributed by atoms with Crippen LogP contribution in [0.2, 0.25) is 0 Å². The summed E-state index contributed by atoms with van der Waals surface area (Å²) in [6.07, 6.45) is 1.14. The summed E-state index contributed by atoms with van der Waals surface area (Å²) in [6, 6.07) is 1.75. The molecule has 3 heterocycles. The highest BCUT2D eigenvalue weighted by Crippen LogP contribution is 2.78. The fourth-order valence-corrected chi connectivity index (χ4v) is 8.94. The first-order valence-corrected chi connectivity index (χ1v) is 13.5. The second kappa shape index (κ2) is 8.64. The second-order valence-electron chi connectivity index (χ2n) is 12.9. The fourth-order valence-electron chi connectivity index (χ4n) is 8.94. The van der Waals surface area contributed by atoms with E-state index < -0.39 is 75.5 Å². The average molecular weight is 547 g/mol. The van der Waals surface area contributed by atoms with E-state index in [2.05, 4.69) is 0 Å². The average Bonchev–Trinajstić information content (AvgIpc) is 3.42. The molecule has 10 heteroatoms. The number of carbonyl (C=O) groups excluding carboxylic acids is 4. The largest absolute Gasteiger partial charge is 0.472 e. The van der Waals surface area contributed by atoms with Crippen molar-refractivity contribution in [3.8, 4) is 0 Å². The van der Waals surface area contributed by atoms with Gasteiger partial charge in [-0.05, 0) is 45.6 Å². The number of epoxide rings is 1. The van der Waals surface area contributed by atoms with Gasteiger partial charge in [-0.3, -0.25) is 14.4 Å². The van der Waals surface area contributed by atoms with E-state index in [1.54, 1.807) is 19.9 Å². The summed E-state index contributed by atoms with van der Waals surface area (Å²) in [7, 11) is 1.26. The van der Waals surface area contributed by atoms with Gasteiger partial charge >= 0.3 is 17.9 Å². The van der Waals surface area contributed by atoms with Gasteiger partial charge in [-0.2, -0.15) is 0 Å². The molecule has 39 heavy (non-hydrogen) atoms. The van der Waals surface area contributed by atoms with Gasteiger partial charge in [-0.15, -0.1) is 0 Å². The number of hydrogen-bond acceptors (Lipinski definition) is 10. The van der Waals surface area contributed by atoms with E-state index in [9.17, 15) is 24.3 Å². The third-order valence-corrected chi connectivity index (χ3v) is 10.7. The van der Waals surface area contributed by atoms with Gasteiger partial charge in [0.05, 0.1) is 37.1 Å². The van der Waals surface area contributed by atoms with Crippen LogP contribution in [0.5, 0.6) is 0 Å². The third kappa shape index (κ3) is 3.53. The van der Waals surface area contributed by atoms with Gasteiger partial charge in [-0.25, -0.2) is 4.79 Å². The molecule has 1 spiro atoms. The van der Waals surface area contributed by atoms with Crippen LogP contribution in [-0.4, -0.2) is 59.3 Å². The summed E-state index contributed by atoms with van der Waals surface area (Å²) < 4.78 is 28.3. The topological polar surface area (TPSA) is 142 Å². The fraction of sp³-hybridized carbons (Fsp3) is 0.724. The minimum absolute atomic E-state index is 0.0503. The molecule has 2 aliphatic carbocycles. The van der Waals surface area contributed by atoms with Crippen molar-refractivity contribution in [1.29, 1.82) is 0 Å². The number of ether oxygens (including phenoxy) is 4. The lowest BCUT2D eigenvalue weighted by molar-refractivity contribution is -0.240. The minimum atomic E-state index is -1.35. The number of Topliss-reactive ketones (excluding diaryl/α,β-unsaturated/α-hetero) is 1. The molecule has 5 rings (SSSR count). The zero-order valence-electron chi connectivity index (χ0n) is 23.6. The van der Waals surface area contributed by atoms with Crippen molar-refractivity contribution in [3.63, 3.8) is 0 Å².